The van der Waals surface area contributed by atoms with Gasteiger partial charge in [-0.2, -0.15) is 5.26 Å². The molecule has 0 amide bonds. The van der Waals surface area contributed by atoms with Crippen LogP contribution in [0.2, 0.25) is 12.6 Å². The average molecular weight is 236 g/mol. The monoisotopic (exact) mass is 236 g/mol. The summed E-state index contributed by atoms with van der Waals surface area (Å²) >= 11 is 0. The zero-order valence-corrected chi connectivity index (χ0v) is 10.1. The fraction of sp³-hybridized carbons (Fsp3) is 0.462. The minimum atomic E-state index is 0.260. The molecule has 0 bridgehead atoms. The molecule has 2 saturated heterocycles. The van der Waals surface area contributed by atoms with Crippen molar-refractivity contribution in [1.82, 2.24) is 4.98 Å². The molecule has 1 aromatic heterocycles. The van der Waals surface area contributed by atoms with Crippen LogP contribution >= 0.6 is 0 Å². The van der Waals surface area contributed by atoms with E-state index in [1.165, 1.54) is 0 Å². The summed E-state index contributed by atoms with van der Waals surface area (Å²) in [5.41, 5.74) is 0.600. The van der Waals surface area contributed by atoms with E-state index >= 15 is 0 Å². The third kappa shape index (κ3) is 1.82. The summed E-state index contributed by atoms with van der Waals surface area (Å²) in [5.74, 6) is 4.64. The maximum atomic E-state index is 8.96. The maximum Gasteiger partial charge on any atom is 0.268 e. The van der Waals surface area contributed by atoms with Gasteiger partial charge in [0.25, 0.3) is 6.71 Å². The molecule has 2 aliphatic heterocycles. The Hall–Kier alpha value is -2.01. The van der Waals surface area contributed by atoms with Crippen LogP contribution in [-0.2, 0) is 0 Å². The number of pyridine rings is 1. The summed E-state index contributed by atoms with van der Waals surface area (Å²) < 4.78 is 0. The lowest BCUT2D eigenvalue weighted by molar-refractivity contribution is 0.525. The highest BCUT2D eigenvalue weighted by atomic mass is 15.2. The fourth-order valence-electron chi connectivity index (χ4n) is 3.23. The van der Waals surface area contributed by atoms with Crippen LogP contribution in [0.25, 0.3) is 0 Å². The van der Waals surface area contributed by atoms with Crippen LogP contribution in [0.3, 0.4) is 0 Å². The highest BCUT2D eigenvalue weighted by Gasteiger charge is 2.43. The maximum absolute atomic E-state index is 8.96. The van der Waals surface area contributed by atoms with Crippen LogP contribution in [0, 0.1) is 34.4 Å². The lowest BCUT2D eigenvalue weighted by atomic mass is 9.49. The van der Waals surface area contributed by atoms with Crippen molar-refractivity contribution < 1.29 is 0 Å². The molecule has 0 spiro atoms. The van der Waals surface area contributed by atoms with Crippen LogP contribution in [-0.4, -0.2) is 24.8 Å². The molecule has 5 heteroatoms. The zero-order valence-electron chi connectivity index (χ0n) is 10.1. The first-order valence-corrected chi connectivity index (χ1v) is 6.31. The number of fused-ring (bicyclic) bond motifs is 1. The molecule has 0 aliphatic carbocycles. The molecule has 2 fully saturated rings. The first kappa shape index (κ1) is 11.1. The number of nitriles is 2. The third-order valence-corrected chi connectivity index (χ3v) is 4.13. The molecule has 0 aromatic carbocycles. The van der Waals surface area contributed by atoms with Gasteiger partial charge in [0.05, 0.1) is 5.56 Å². The van der Waals surface area contributed by atoms with E-state index in [2.05, 4.69) is 21.9 Å². The quantitative estimate of drug-likeness (QED) is 0.694. The minimum absolute atomic E-state index is 0.260. The van der Waals surface area contributed by atoms with Gasteiger partial charge >= 0.3 is 0 Å². The van der Waals surface area contributed by atoms with Gasteiger partial charge in [0.15, 0.2) is 0 Å². The number of hydrogen-bond acceptors (Lipinski definition) is 4. The van der Waals surface area contributed by atoms with Crippen LogP contribution in [0.4, 0.5) is 5.82 Å². The molecule has 2 atom stereocenters. The van der Waals surface area contributed by atoms with Crippen LogP contribution < -0.4 is 4.90 Å². The molecule has 18 heavy (non-hydrogen) atoms. The Morgan fingerprint density at radius 2 is 1.94 bits per heavy atom. The standard InChI is InChI=1S/C13H13BN4/c15-5-10-1-2-13(17-6-10)18-7-11-3-14(9-16)4-12(11)8-18/h1-2,6,11-12H,3-4,7-8H2. The van der Waals surface area contributed by atoms with Crippen molar-refractivity contribution in [3.63, 3.8) is 0 Å². The van der Waals surface area contributed by atoms with E-state index in [9.17, 15) is 0 Å². The van der Waals surface area contributed by atoms with Gasteiger partial charge in [-0.15, -0.1) is 0 Å². The Balaban J connectivity index is 1.70. The van der Waals surface area contributed by atoms with Gasteiger partial charge in [-0.25, -0.2) is 10.2 Å². The van der Waals surface area contributed by atoms with Crippen LogP contribution in [0.15, 0.2) is 18.3 Å². The molecule has 3 rings (SSSR count). The van der Waals surface area contributed by atoms with E-state index in [0.717, 1.165) is 31.5 Å². The topological polar surface area (TPSA) is 63.7 Å². The molecule has 1 aromatic rings. The molecule has 3 heterocycles. The number of anilines is 1. The zero-order chi connectivity index (χ0) is 12.5. The van der Waals surface area contributed by atoms with Crippen molar-refractivity contribution in [3.8, 4) is 12.0 Å². The van der Waals surface area contributed by atoms with Crippen molar-refractivity contribution >= 4 is 12.5 Å². The van der Waals surface area contributed by atoms with E-state index in [-0.39, 0.29) is 6.71 Å². The molecule has 2 aliphatic rings. The molecule has 0 saturated carbocycles. The van der Waals surface area contributed by atoms with Crippen LogP contribution in [0.1, 0.15) is 5.56 Å². The van der Waals surface area contributed by atoms with Gasteiger partial charge in [-0.1, -0.05) is 12.6 Å². The van der Waals surface area contributed by atoms with E-state index < -0.39 is 0 Å². The van der Waals surface area contributed by atoms with Crippen molar-refractivity contribution in [1.29, 1.82) is 10.5 Å². The molecule has 2 unspecified atom stereocenters. The largest absolute Gasteiger partial charge is 0.356 e. The van der Waals surface area contributed by atoms with Crippen molar-refractivity contribution in [2.24, 2.45) is 11.8 Å². The number of rotatable bonds is 1. The first-order chi connectivity index (χ1) is 8.80. The van der Waals surface area contributed by atoms with Crippen molar-refractivity contribution in [2.45, 2.75) is 12.6 Å². The smallest absolute Gasteiger partial charge is 0.268 e. The van der Waals surface area contributed by atoms with E-state index in [0.29, 0.717) is 17.4 Å². The second kappa shape index (κ2) is 4.35. The number of hydrogen-bond donors (Lipinski definition) is 0. The molecular formula is C13H13BN4. The summed E-state index contributed by atoms with van der Waals surface area (Å²) in [5, 5.41) is 17.7. The van der Waals surface area contributed by atoms with Crippen LogP contribution in [0.5, 0.6) is 0 Å². The summed E-state index contributed by atoms with van der Waals surface area (Å²) in [6.07, 6.45) is 3.70. The fourth-order valence-corrected chi connectivity index (χ4v) is 3.23. The lowest BCUT2D eigenvalue weighted by Crippen LogP contribution is -2.23. The Morgan fingerprint density at radius 1 is 1.22 bits per heavy atom. The highest BCUT2D eigenvalue weighted by Crippen LogP contribution is 2.39. The normalized spacial score (nSPS) is 25.7. The van der Waals surface area contributed by atoms with E-state index in [4.69, 9.17) is 10.5 Å². The Bertz CT molecular complexity index is 513. The highest BCUT2D eigenvalue weighted by molar-refractivity contribution is 6.67. The Morgan fingerprint density at radius 3 is 2.44 bits per heavy atom. The van der Waals surface area contributed by atoms with Gasteiger partial charge in [-0.3, -0.25) is 0 Å². The van der Waals surface area contributed by atoms with E-state index in [1.807, 2.05) is 12.1 Å². The molecular weight excluding hydrogens is 223 g/mol. The summed E-state index contributed by atoms with van der Waals surface area (Å²) in [6, 6.07) is 5.81. The van der Waals surface area contributed by atoms with Gasteiger partial charge in [0.2, 0.25) is 0 Å². The Labute approximate surface area is 107 Å². The molecule has 88 valence electrons. The number of aromatic nitrogens is 1. The predicted octanol–water partition coefficient (Wildman–Crippen LogP) is 1.58. The van der Waals surface area contributed by atoms with Crippen molar-refractivity contribution in [3.05, 3.63) is 23.9 Å². The number of nitrogens with zero attached hydrogens (tertiary/aromatic N) is 4. The lowest BCUT2D eigenvalue weighted by Gasteiger charge is -2.18. The third-order valence-electron chi connectivity index (χ3n) is 4.13. The molecule has 0 N–H and O–H groups in total. The van der Waals surface area contributed by atoms with Gasteiger partial charge in [0, 0.05) is 25.3 Å². The summed E-state index contributed by atoms with van der Waals surface area (Å²) in [4.78, 5) is 6.62. The molecule has 4 nitrogen and oxygen atoms in total. The second-order valence-electron chi connectivity index (χ2n) is 5.24. The summed E-state index contributed by atoms with van der Waals surface area (Å²) in [7, 11) is 0. The summed E-state index contributed by atoms with van der Waals surface area (Å²) in [6.45, 7) is 2.26. The predicted molar refractivity (Wildman–Crippen MR) is 69.1 cm³/mol. The Kier molecular flexibility index (Phi) is 2.68. The minimum Gasteiger partial charge on any atom is -0.356 e. The molecule has 0 radical (unpaired) electrons. The average Bonchev–Trinajstić information content (AvgIpc) is 2.96. The SMILES string of the molecule is N#CB1CC2CN(c3ccc(C#N)cn3)CC2C1. The van der Waals surface area contributed by atoms with Gasteiger partial charge in [-0.05, 0) is 24.0 Å². The van der Waals surface area contributed by atoms with Gasteiger partial charge < -0.3 is 4.90 Å². The van der Waals surface area contributed by atoms with E-state index in [1.54, 1.807) is 6.20 Å². The second-order valence-corrected chi connectivity index (χ2v) is 5.24. The first-order valence-electron chi connectivity index (χ1n) is 6.31. The van der Waals surface area contributed by atoms with Crippen molar-refractivity contribution in [2.75, 3.05) is 18.0 Å². The van der Waals surface area contributed by atoms with Gasteiger partial charge in [0.1, 0.15) is 11.9 Å².